The predicted octanol–water partition coefficient (Wildman–Crippen LogP) is 3.58. The number of carbonyl (C=O) groups is 2. The lowest BCUT2D eigenvalue weighted by Crippen LogP contribution is -2.30. The number of para-hydroxylation sites is 1. The third kappa shape index (κ3) is 5.59. The molecule has 0 aliphatic carbocycles. The van der Waals surface area contributed by atoms with E-state index in [-0.39, 0.29) is 17.7 Å². The Balaban J connectivity index is 1.60. The minimum absolute atomic E-state index is 0.0749. The molecule has 0 saturated carbocycles. The molecule has 1 heterocycles. The highest BCUT2D eigenvalue weighted by molar-refractivity contribution is 7.99. The second-order valence-corrected chi connectivity index (χ2v) is 8.41. The van der Waals surface area contributed by atoms with Crippen LogP contribution in [0.1, 0.15) is 12.8 Å². The van der Waals surface area contributed by atoms with E-state index in [9.17, 15) is 9.59 Å². The van der Waals surface area contributed by atoms with Crippen LogP contribution in [-0.4, -0.2) is 55.3 Å². The molecule has 0 spiro atoms. The summed E-state index contributed by atoms with van der Waals surface area (Å²) in [4.78, 5) is 31.1. The lowest BCUT2D eigenvalue weighted by Gasteiger charge is -2.18. The molecule has 1 aliphatic rings. The standard InChI is InChI=1S/C22H27N3O2S/c1-24(2)13-8-14-25-16-17(15-21(25)26)22(27)23-19-11-6-7-12-20(19)28-18-9-4-3-5-10-18/h3-7,9-12,17H,8,13-16H2,1-2H3,(H,23,27). The molecule has 1 atom stereocenters. The molecule has 2 amide bonds. The van der Waals surface area contributed by atoms with E-state index in [1.807, 2.05) is 73.6 Å². The third-order valence-corrected chi connectivity index (χ3v) is 5.82. The first-order chi connectivity index (χ1) is 13.5. The molecule has 0 aromatic heterocycles. The largest absolute Gasteiger partial charge is 0.342 e. The lowest BCUT2D eigenvalue weighted by molar-refractivity contribution is -0.128. The van der Waals surface area contributed by atoms with Crippen molar-refractivity contribution in [3.63, 3.8) is 0 Å². The van der Waals surface area contributed by atoms with Gasteiger partial charge in [-0.05, 0) is 51.3 Å². The Hall–Kier alpha value is -2.31. The van der Waals surface area contributed by atoms with Gasteiger partial charge in [0.25, 0.3) is 0 Å². The Labute approximate surface area is 171 Å². The van der Waals surface area contributed by atoms with Crippen LogP contribution in [0.4, 0.5) is 5.69 Å². The fourth-order valence-corrected chi connectivity index (χ4v) is 4.17. The highest BCUT2D eigenvalue weighted by Gasteiger charge is 2.34. The second-order valence-electron chi connectivity index (χ2n) is 7.30. The molecular formula is C22H27N3O2S. The van der Waals surface area contributed by atoms with Crippen molar-refractivity contribution in [2.75, 3.05) is 39.0 Å². The minimum atomic E-state index is -0.290. The number of nitrogens with one attached hydrogen (secondary N) is 1. The number of benzene rings is 2. The predicted molar refractivity (Wildman–Crippen MR) is 113 cm³/mol. The molecule has 1 fully saturated rings. The molecule has 1 N–H and O–H groups in total. The fraction of sp³-hybridized carbons (Fsp3) is 0.364. The SMILES string of the molecule is CN(C)CCCN1CC(C(=O)Nc2ccccc2Sc2ccccc2)CC1=O. The Kier molecular flexibility index (Phi) is 7.12. The summed E-state index contributed by atoms with van der Waals surface area (Å²) in [5.41, 5.74) is 0.792. The molecule has 6 heteroatoms. The summed E-state index contributed by atoms with van der Waals surface area (Å²) in [7, 11) is 4.04. The van der Waals surface area contributed by atoms with Gasteiger partial charge in [0.2, 0.25) is 11.8 Å². The van der Waals surface area contributed by atoms with Gasteiger partial charge in [0.15, 0.2) is 0 Å². The van der Waals surface area contributed by atoms with Crippen molar-refractivity contribution in [3.8, 4) is 0 Å². The van der Waals surface area contributed by atoms with E-state index in [0.29, 0.717) is 19.5 Å². The zero-order chi connectivity index (χ0) is 19.9. The number of anilines is 1. The number of nitrogens with zero attached hydrogens (tertiary/aromatic N) is 2. The first-order valence-corrected chi connectivity index (χ1v) is 10.4. The highest BCUT2D eigenvalue weighted by Crippen LogP contribution is 2.33. The summed E-state index contributed by atoms with van der Waals surface area (Å²) in [6.07, 6.45) is 1.21. The van der Waals surface area contributed by atoms with Gasteiger partial charge in [-0.15, -0.1) is 0 Å². The van der Waals surface area contributed by atoms with E-state index in [1.165, 1.54) is 0 Å². The van der Waals surface area contributed by atoms with Gasteiger partial charge >= 0.3 is 0 Å². The number of amides is 2. The molecule has 0 radical (unpaired) electrons. The molecule has 1 unspecified atom stereocenters. The zero-order valence-corrected chi connectivity index (χ0v) is 17.2. The van der Waals surface area contributed by atoms with Gasteiger partial charge < -0.3 is 15.1 Å². The van der Waals surface area contributed by atoms with Crippen LogP contribution in [0, 0.1) is 5.92 Å². The second kappa shape index (κ2) is 9.75. The molecular weight excluding hydrogens is 370 g/mol. The van der Waals surface area contributed by atoms with Gasteiger partial charge in [0.1, 0.15) is 0 Å². The summed E-state index contributed by atoms with van der Waals surface area (Å²) < 4.78 is 0. The van der Waals surface area contributed by atoms with Gasteiger partial charge in [-0.3, -0.25) is 9.59 Å². The van der Waals surface area contributed by atoms with Crippen molar-refractivity contribution >= 4 is 29.3 Å². The van der Waals surface area contributed by atoms with Crippen molar-refractivity contribution < 1.29 is 9.59 Å². The van der Waals surface area contributed by atoms with Gasteiger partial charge in [0, 0.05) is 29.3 Å². The van der Waals surface area contributed by atoms with Gasteiger partial charge in [-0.2, -0.15) is 0 Å². The number of carbonyl (C=O) groups excluding carboxylic acids is 2. The fourth-order valence-electron chi connectivity index (χ4n) is 3.25. The summed E-state index contributed by atoms with van der Waals surface area (Å²) >= 11 is 1.62. The Bertz CT molecular complexity index is 810. The van der Waals surface area contributed by atoms with E-state index >= 15 is 0 Å². The van der Waals surface area contributed by atoms with Crippen LogP contribution in [0.3, 0.4) is 0 Å². The van der Waals surface area contributed by atoms with E-state index in [1.54, 1.807) is 11.8 Å². The third-order valence-electron chi connectivity index (χ3n) is 4.73. The molecule has 1 saturated heterocycles. The average molecular weight is 398 g/mol. The molecule has 28 heavy (non-hydrogen) atoms. The molecule has 2 aromatic carbocycles. The minimum Gasteiger partial charge on any atom is -0.342 e. The molecule has 1 aliphatic heterocycles. The molecule has 2 aromatic rings. The molecule has 148 valence electrons. The van der Waals surface area contributed by atoms with Crippen LogP contribution in [0.15, 0.2) is 64.4 Å². The van der Waals surface area contributed by atoms with E-state index in [2.05, 4.69) is 10.2 Å². The van der Waals surface area contributed by atoms with E-state index < -0.39 is 0 Å². The lowest BCUT2D eigenvalue weighted by atomic mass is 10.1. The number of rotatable bonds is 8. The molecule has 3 rings (SSSR count). The normalized spacial score (nSPS) is 16.6. The smallest absolute Gasteiger partial charge is 0.229 e. The average Bonchev–Trinajstić information content (AvgIpc) is 3.05. The Morgan fingerprint density at radius 1 is 1.14 bits per heavy atom. The summed E-state index contributed by atoms with van der Waals surface area (Å²) in [6.45, 7) is 2.15. The number of likely N-dealkylation sites (tertiary alicyclic amines) is 1. The summed E-state index contributed by atoms with van der Waals surface area (Å²) in [6, 6.07) is 17.9. The van der Waals surface area contributed by atoms with Gasteiger partial charge in [-0.1, -0.05) is 42.1 Å². The van der Waals surface area contributed by atoms with E-state index in [0.717, 1.165) is 28.4 Å². The van der Waals surface area contributed by atoms with Crippen LogP contribution in [-0.2, 0) is 9.59 Å². The summed E-state index contributed by atoms with van der Waals surface area (Å²) in [5.74, 6) is -0.294. The van der Waals surface area contributed by atoms with Crippen LogP contribution in [0.2, 0.25) is 0 Å². The van der Waals surface area contributed by atoms with Crippen molar-refractivity contribution in [1.29, 1.82) is 0 Å². The monoisotopic (exact) mass is 397 g/mol. The Morgan fingerprint density at radius 2 is 1.86 bits per heavy atom. The van der Waals surface area contributed by atoms with Crippen molar-refractivity contribution in [3.05, 3.63) is 54.6 Å². The zero-order valence-electron chi connectivity index (χ0n) is 16.4. The maximum atomic E-state index is 12.8. The first kappa shape index (κ1) is 20.4. The van der Waals surface area contributed by atoms with Crippen LogP contribution in [0.5, 0.6) is 0 Å². The first-order valence-electron chi connectivity index (χ1n) is 9.58. The maximum absolute atomic E-state index is 12.8. The van der Waals surface area contributed by atoms with Crippen LogP contribution >= 0.6 is 11.8 Å². The number of hydrogen-bond donors (Lipinski definition) is 1. The summed E-state index contributed by atoms with van der Waals surface area (Å²) in [5, 5.41) is 3.04. The van der Waals surface area contributed by atoms with Gasteiger partial charge in [-0.25, -0.2) is 0 Å². The van der Waals surface area contributed by atoms with Crippen molar-refractivity contribution in [1.82, 2.24) is 9.80 Å². The van der Waals surface area contributed by atoms with Crippen LogP contribution < -0.4 is 5.32 Å². The molecule has 0 bridgehead atoms. The van der Waals surface area contributed by atoms with Gasteiger partial charge in [0.05, 0.1) is 11.6 Å². The Morgan fingerprint density at radius 3 is 2.61 bits per heavy atom. The molecule has 5 nitrogen and oxygen atoms in total. The highest BCUT2D eigenvalue weighted by atomic mass is 32.2. The van der Waals surface area contributed by atoms with Crippen molar-refractivity contribution in [2.24, 2.45) is 5.92 Å². The van der Waals surface area contributed by atoms with E-state index in [4.69, 9.17) is 0 Å². The van der Waals surface area contributed by atoms with Crippen molar-refractivity contribution in [2.45, 2.75) is 22.6 Å². The quantitative estimate of drug-likeness (QED) is 0.740. The topological polar surface area (TPSA) is 52.6 Å². The maximum Gasteiger partial charge on any atom is 0.229 e. The van der Waals surface area contributed by atoms with Crippen LogP contribution in [0.25, 0.3) is 0 Å². The number of hydrogen-bond acceptors (Lipinski definition) is 4.